The van der Waals surface area contributed by atoms with Gasteiger partial charge in [-0.1, -0.05) is 17.7 Å². The summed E-state index contributed by atoms with van der Waals surface area (Å²) in [6.45, 7) is 4.80. The summed E-state index contributed by atoms with van der Waals surface area (Å²) >= 11 is 11.3. The first-order chi connectivity index (χ1) is 9.10. The minimum Gasteiger partial charge on any atom is -0.332 e. The fraction of sp³-hybridized carbons (Fsp3) is 0.231. The maximum atomic E-state index is 6.06. The number of benzene rings is 1. The highest BCUT2D eigenvalue weighted by Crippen LogP contribution is 2.23. The van der Waals surface area contributed by atoms with Crippen LogP contribution in [0.15, 0.2) is 30.5 Å². The van der Waals surface area contributed by atoms with Crippen LogP contribution in [-0.2, 0) is 6.54 Å². The molecule has 0 amide bonds. The van der Waals surface area contributed by atoms with Crippen molar-refractivity contribution in [3.8, 4) is 0 Å². The van der Waals surface area contributed by atoms with Gasteiger partial charge in [0, 0.05) is 29.5 Å². The molecule has 2 aromatic rings. The van der Waals surface area contributed by atoms with E-state index in [1.165, 1.54) is 0 Å². The van der Waals surface area contributed by atoms with Gasteiger partial charge in [-0.3, -0.25) is 4.68 Å². The summed E-state index contributed by atoms with van der Waals surface area (Å²) in [7, 11) is 0. The predicted molar refractivity (Wildman–Crippen MR) is 83.9 cm³/mol. The Balaban J connectivity index is 2.03. The molecule has 2 N–H and O–H groups in total. The number of hydrogen-bond acceptors (Lipinski definition) is 2. The topological polar surface area (TPSA) is 41.9 Å². The normalized spacial score (nSPS) is 10.3. The molecule has 0 bridgehead atoms. The molecule has 2 rings (SSSR count). The number of aryl methyl sites for hydroxylation is 1. The van der Waals surface area contributed by atoms with Crippen molar-refractivity contribution in [1.29, 1.82) is 0 Å². The molecule has 100 valence electrons. The largest absolute Gasteiger partial charge is 0.332 e. The lowest BCUT2D eigenvalue weighted by molar-refractivity contribution is 0.662. The molecule has 0 radical (unpaired) electrons. The van der Waals surface area contributed by atoms with E-state index in [1.807, 2.05) is 49.0 Å². The zero-order chi connectivity index (χ0) is 13.8. The van der Waals surface area contributed by atoms with Crippen molar-refractivity contribution in [3.05, 3.63) is 41.0 Å². The van der Waals surface area contributed by atoms with Gasteiger partial charge in [0.15, 0.2) is 10.9 Å². The Morgan fingerprint density at radius 1 is 1.37 bits per heavy atom. The average molecular weight is 295 g/mol. The van der Waals surface area contributed by atoms with Crippen molar-refractivity contribution in [2.24, 2.45) is 0 Å². The van der Waals surface area contributed by atoms with Crippen LogP contribution in [0.2, 0.25) is 5.02 Å². The SMILES string of the molecule is CCn1ccc(NC(=S)Nc2cccc(Cl)c2C)n1. The lowest BCUT2D eigenvalue weighted by atomic mass is 10.2. The van der Waals surface area contributed by atoms with E-state index in [9.17, 15) is 0 Å². The third-order valence-corrected chi connectivity index (χ3v) is 3.34. The molecule has 0 aliphatic rings. The van der Waals surface area contributed by atoms with Gasteiger partial charge < -0.3 is 10.6 Å². The standard InChI is InChI=1S/C13H15ClN4S/c1-3-18-8-7-12(17-18)16-13(19)15-11-6-4-5-10(14)9(11)2/h4-8H,3H2,1-2H3,(H2,15,16,17,19). The molecule has 0 fully saturated rings. The lowest BCUT2D eigenvalue weighted by Gasteiger charge is -2.11. The number of nitrogens with one attached hydrogen (secondary N) is 2. The van der Waals surface area contributed by atoms with E-state index in [2.05, 4.69) is 15.7 Å². The molecule has 0 saturated heterocycles. The highest BCUT2D eigenvalue weighted by molar-refractivity contribution is 7.80. The zero-order valence-electron chi connectivity index (χ0n) is 10.8. The molecule has 0 spiro atoms. The van der Waals surface area contributed by atoms with E-state index in [0.717, 1.165) is 23.6 Å². The van der Waals surface area contributed by atoms with Gasteiger partial charge >= 0.3 is 0 Å². The Bertz CT molecular complexity index is 594. The zero-order valence-corrected chi connectivity index (χ0v) is 12.3. The number of hydrogen-bond donors (Lipinski definition) is 2. The quantitative estimate of drug-likeness (QED) is 0.848. The average Bonchev–Trinajstić information content (AvgIpc) is 2.82. The second kappa shape index (κ2) is 6.04. The van der Waals surface area contributed by atoms with Gasteiger partial charge in [0.25, 0.3) is 0 Å². The fourth-order valence-electron chi connectivity index (χ4n) is 1.62. The van der Waals surface area contributed by atoms with Crippen LogP contribution in [0.5, 0.6) is 0 Å². The van der Waals surface area contributed by atoms with Gasteiger partial charge in [-0.05, 0) is 43.8 Å². The van der Waals surface area contributed by atoms with Crippen molar-refractivity contribution >= 4 is 40.4 Å². The smallest absolute Gasteiger partial charge is 0.176 e. The van der Waals surface area contributed by atoms with Crippen molar-refractivity contribution < 1.29 is 0 Å². The highest BCUT2D eigenvalue weighted by atomic mass is 35.5. The van der Waals surface area contributed by atoms with Gasteiger partial charge in [0.2, 0.25) is 0 Å². The molecule has 1 aromatic heterocycles. The van der Waals surface area contributed by atoms with E-state index in [0.29, 0.717) is 10.1 Å². The molecule has 0 aliphatic carbocycles. The molecule has 4 nitrogen and oxygen atoms in total. The van der Waals surface area contributed by atoms with Crippen LogP contribution < -0.4 is 10.6 Å². The van der Waals surface area contributed by atoms with Gasteiger partial charge in [0.1, 0.15) is 0 Å². The maximum absolute atomic E-state index is 6.06. The van der Waals surface area contributed by atoms with Crippen molar-refractivity contribution in [3.63, 3.8) is 0 Å². The Morgan fingerprint density at radius 3 is 2.84 bits per heavy atom. The summed E-state index contributed by atoms with van der Waals surface area (Å²) in [5, 5.41) is 11.7. The predicted octanol–water partition coefficient (Wildman–Crippen LogP) is 3.67. The van der Waals surface area contributed by atoms with E-state index in [-0.39, 0.29) is 0 Å². The van der Waals surface area contributed by atoms with Crippen LogP contribution in [0.3, 0.4) is 0 Å². The van der Waals surface area contributed by atoms with Crippen LogP contribution in [0.1, 0.15) is 12.5 Å². The summed E-state index contributed by atoms with van der Waals surface area (Å²) < 4.78 is 1.83. The Kier molecular flexibility index (Phi) is 4.39. The monoisotopic (exact) mass is 294 g/mol. The Morgan fingerprint density at radius 2 is 2.16 bits per heavy atom. The third-order valence-electron chi connectivity index (χ3n) is 2.72. The van der Waals surface area contributed by atoms with Gasteiger partial charge in [-0.2, -0.15) is 5.10 Å². The second-order valence-electron chi connectivity index (χ2n) is 4.05. The summed E-state index contributed by atoms with van der Waals surface area (Å²) in [6.07, 6.45) is 1.90. The van der Waals surface area contributed by atoms with Gasteiger partial charge in [-0.25, -0.2) is 0 Å². The summed E-state index contributed by atoms with van der Waals surface area (Å²) in [5.41, 5.74) is 1.85. The first kappa shape index (κ1) is 13.8. The molecule has 0 aliphatic heterocycles. The molecular formula is C13H15ClN4S. The molecule has 1 heterocycles. The van der Waals surface area contributed by atoms with Gasteiger partial charge in [-0.15, -0.1) is 0 Å². The summed E-state index contributed by atoms with van der Waals surface area (Å²) in [6, 6.07) is 7.54. The summed E-state index contributed by atoms with van der Waals surface area (Å²) in [5.74, 6) is 0.721. The van der Waals surface area contributed by atoms with Crippen molar-refractivity contribution in [2.75, 3.05) is 10.6 Å². The third kappa shape index (κ3) is 3.45. The number of nitrogens with zero attached hydrogens (tertiary/aromatic N) is 2. The molecule has 1 aromatic carbocycles. The minimum absolute atomic E-state index is 0.492. The number of anilines is 2. The van der Waals surface area contributed by atoms with Crippen LogP contribution >= 0.6 is 23.8 Å². The molecule has 19 heavy (non-hydrogen) atoms. The highest BCUT2D eigenvalue weighted by Gasteiger charge is 2.05. The number of thiocarbonyl (C=S) groups is 1. The Hall–Kier alpha value is -1.59. The number of rotatable bonds is 3. The van der Waals surface area contributed by atoms with E-state index >= 15 is 0 Å². The van der Waals surface area contributed by atoms with Gasteiger partial charge in [0.05, 0.1) is 0 Å². The number of aromatic nitrogens is 2. The van der Waals surface area contributed by atoms with Crippen LogP contribution in [-0.4, -0.2) is 14.9 Å². The lowest BCUT2D eigenvalue weighted by Crippen LogP contribution is -2.20. The first-order valence-electron chi connectivity index (χ1n) is 5.96. The summed E-state index contributed by atoms with van der Waals surface area (Å²) in [4.78, 5) is 0. The number of halogens is 1. The molecule has 0 atom stereocenters. The van der Waals surface area contributed by atoms with Crippen molar-refractivity contribution in [2.45, 2.75) is 20.4 Å². The Labute approximate surface area is 122 Å². The van der Waals surface area contributed by atoms with Crippen LogP contribution in [0, 0.1) is 6.92 Å². The fourth-order valence-corrected chi connectivity index (χ4v) is 2.01. The molecule has 0 saturated carbocycles. The van der Waals surface area contributed by atoms with Crippen molar-refractivity contribution in [1.82, 2.24) is 9.78 Å². The van der Waals surface area contributed by atoms with E-state index in [1.54, 1.807) is 0 Å². The minimum atomic E-state index is 0.492. The molecule has 6 heteroatoms. The molecular weight excluding hydrogens is 280 g/mol. The van der Waals surface area contributed by atoms with Crippen LogP contribution in [0.4, 0.5) is 11.5 Å². The maximum Gasteiger partial charge on any atom is 0.176 e. The first-order valence-corrected chi connectivity index (χ1v) is 6.75. The van der Waals surface area contributed by atoms with Crippen LogP contribution in [0.25, 0.3) is 0 Å². The second-order valence-corrected chi connectivity index (χ2v) is 4.86. The van der Waals surface area contributed by atoms with E-state index in [4.69, 9.17) is 23.8 Å². The van der Waals surface area contributed by atoms with E-state index < -0.39 is 0 Å². The molecule has 0 unspecified atom stereocenters.